The molecule has 1 heterocycles. The highest BCUT2D eigenvalue weighted by Crippen LogP contribution is 2.25. The van der Waals surface area contributed by atoms with Gasteiger partial charge in [0.1, 0.15) is 5.69 Å². The monoisotopic (exact) mass is 197 g/mol. The highest BCUT2D eigenvalue weighted by atomic mass is 32.1. The van der Waals surface area contributed by atoms with Gasteiger partial charge in [-0.2, -0.15) is 0 Å². The Hall–Kier alpha value is -0.700. The molecule has 0 radical (unpaired) electrons. The molecule has 0 unspecified atom stereocenters. The number of aromatic nitrogens is 1. The predicted molar refractivity (Wildman–Crippen MR) is 55.4 cm³/mol. The van der Waals surface area contributed by atoms with Crippen LogP contribution in [0, 0.1) is 0 Å². The van der Waals surface area contributed by atoms with Crippen LogP contribution >= 0.6 is 11.3 Å². The zero-order chi connectivity index (χ0) is 9.84. The fourth-order valence-corrected chi connectivity index (χ4v) is 2.40. The zero-order valence-electron chi connectivity index (χ0n) is 8.33. The average Bonchev–Trinajstić information content (AvgIpc) is 2.56. The maximum absolute atomic E-state index is 11.0. The molecule has 1 aromatic rings. The highest BCUT2D eigenvalue weighted by Gasteiger charge is 2.12. The molecule has 0 aliphatic rings. The minimum atomic E-state index is 0.0634. The lowest BCUT2D eigenvalue weighted by Gasteiger charge is -2.06. The first-order valence-electron chi connectivity index (χ1n) is 4.65. The molecule has 0 aliphatic carbocycles. The lowest BCUT2D eigenvalue weighted by Crippen LogP contribution is -1.97. The molecule has 13 heavy (non-hydrogen) atoms. The van der Waals surface area contributed by atoms with Crippen molar-refractivity contribution < 1.29 is 4.79 Å². The van der Waals surface area contributed by atoms with Crippen LogP contribution in [0.25, 0.3) is 0 Å². The van der Waals surface area contributed by atoms with E-state index >= 15 is 0 Å². The normalized spacial score (nSPS) is 10.8. The summed E-state index contributed by atoms with van der Waals surface area (Å²) in [4.78, 5) is 15.3. The summed E-state index contributed by atoms with van der Waals surface area (Å²) in [5.74, 6) is 0.589. The van der Waals surface area contributed by atoms with E-state index in [1.54, 1.807) is 18.3 Å². The lowest BCUT2D eigenvalue weighted by atomic mass is 10.1. The molecule has 72 valence electrons. The third-order valence-electron chi connectivity index (χ3n) is 2.22. The number of carbonyl (C=O) groups is 1. The van der Waals surface area contributed by atoms with Crippen LogP contribution in [-0.4, -0.2) is 10.8 Å². The summed E-state index contributed by atoms with van der Waals surface area (Å²) in [6, 6.07) is 0. The first-order valence-corrected chi connectivity index (χ1v) is 5.53. The average molecular weight is 197 g/mol. The number of thiazole rings is 1. The van der Waals surface area contributed by atoms with Crippen LogP contribution in [0.1, 0.15) is 55.0 Å². The van der Waals surface area contributed by atoms with Crippen molar-refractivity contribution in [3.63, 3.8) is 0 Å². The molecule has 0 atom stereocenters. The van der Waals surface area contributed by atoms with E-state index in [9.17, 15) is 4.79 Å². The fraction of sp³-hybridized carbons (Fsp3) is 0.600. The largest absolute Gasteiger partial charge is 0.293 e. The molecule has 1 rings (SSSR count). The van der Waals surface area contributed by atoms with Gasteiger partial charge in [-0.15, -0.1) is 11.3 Å². The summed E-state index contributed by atoms with van der Waals surface area (Å²) in [6.07, 6.45) is 2.20. The van der Waals surface area contributed by atoms with E-state index in [-0.39, 0.29) is 5.78 Å². The summed E-state index contributed by atoms with van der Waals surface area (Å²) in [7, 11) is 0. The van der Waals surface area contributed by atoms with Gasteiger partial charge in [0.2, 0.25) is 0 Å². The van der Waals surface area contributed by atoms with Gasteiger partial charge in [-0.05, 0) is 12.8 Å². The molecular weight excluding hydrogens is 182 g/mol. The number of hydrogen-bond acceptors (Lipinski definition) is 3. The van der Waals surface area contributed by atoms with Crippen LogP contribution in [0.2, 0.25) is 0 Å². The van der Waals surface area contributed by atoms with E-state index in [1.807, 2.05) is 5.38 Å². The van der Waals surface area contributed by atoms with E-state index in [0.717, 1.165) is 17.8 Å². The first-order chi connectivity index (χ1) is 6.19. The second-order valence-corrected chi connectivity index (χ2v) is 4.03. The zero-order valence-corrected chi connectivity index (χ0v) is 9.15. The van der Waals surface area contributed by atoms with Gasteiger partial charge in [-0.25, -0.2) is 4.98 Å². The van der Waals surface area contributed by atoms with Crippen molar-refractivity contribution in [1.82, 2.24) is 4.98 Å². The van der Waals surface area contributed by atoms with Gasteiger partial charge in [-0.1, -0.05) is 13.8 Å². The summed E-state index contributed by atoms with van der Waals surface area (Å²) in [6.45, 7) is 5.87. The molecule has 0 amide bonds. The Morgan fingerprint density at radius 3 is 2.54 bits per heavy atom. The Labute approximate surface area is 83.0 Å². The van der Waals surface area contributed by atoms with E-state index in [1.165, 1.54) is 0 Å². The first kappa shape index (κ1) is 10.4. The minimum absolute atomic E-state index is 0.0634. The van der Waals surface area contributed by atoms with E-state index in [4.69, 9.17) is 0 Å². The standard InChI is InChI=1S/C10H15NOS/c1-4-8(5-2)10-11-9(6-13-10)7(3)12/h6,8H,4-5H2,1-3H3. The second-order valence-electron chi connectivity index (χ2n) is 3.14. The molecule has 0 aliphatic heterocycles. The van der Waals surface area contributed by atoms with Crippen molar-refractivity contribution >= 4 is 17.1 Å². The Morgan fingerprint density at radius 1 is 1.54 bits per heavy atom. The molecule has 0 spiro atoms. The molecule has 2 nitrogen and oxygen atoms in total. The Kier molecular flexibility index (Phi) is 3.60. The van der Waals surface area contributed by atoms with Crippen LogP contribution in [0.4, 0.5) is 0 Å². The number of nitrogens with zero attached hydrogens (tertiary/aromatic N) is 1. The highest BCUT2D eigenvalue weighted by molar-refractivity contribution is 7.09. The number of rotatable bonds is 4. The number of hydrogen-bond donors (Lipinski definition) is 0. The van der Waals surface area contributed by atoms with Gasteiger partial charge >= 0.3 is 0 Å². The van der Waals surface area contributed by atoms with E-state index in [2.05, 4.69) is 18.8 Å². The summed E-state index contributed by atoms with van der Waals surface area (Å²) in [5.41, 5.74) is 0.618. The number of Topliss-reactive ketones (excluding diaryl/α,β-unsaturated/α-hetero) is 1. The molecule has 0 saturated heterocycles. The Balaban J connectivity index is 2.84. The van der Waals surface area contributed by atoms with Crippen LogP contribution in [0.15, 0.2) is 5.38 Å². The molecule has 3 heteroatoms. The second kappa shape index (κ2) is 4.51. The van der Waals surface area contributed by atoms with Crippen LogP contribution < -0.4 is 0 Å². The minimum Gasteiger partial charge on any atom is -0.293 e. The van der Waals surface area contributed by atoms with Gasteiger partial charge in [0.15, 0.2) is 5.78 Å². The number of carbonyl (C=O) groups excluding carboxylic acids is 1. The predicted octanol–water partition coefficient (Wildman–Crippen LogP) is 3.25. The van der Waals surface area contributed by atoms with Crippen molar-refractivity contribution in [2.45, 2.75) is 39.5 Å². The summed E-state index contributed by atoms with van der Waals surface area (Å²) in [5, 5.41) is 2.96. The van der Waals surface area contributed by atoms with Gasteiger partial charge in [0.05, 0.1) is 5.01 Å². The molecule has 0 aromatic carbocycles. The Morgan fingerprint density at radius 2 is 2.15 bits per heavy atom. The maximum Gasteiger partial charge on any atom is 0.178 e. The smallest absolute Gasteiger partial charge is 0.178 e. The van der Waals surface area contributed by atoms with Crippen LogP contribution in [-0.2, 0) is 0 Å². The molecule has 0 bridgehead atoms. The quantitative estimate of drug-likeness (QED) is 0.693. The molecule has 1 aromatic heterocycles. The molecule has 0 saturated carbocycles. The SMILES string of the molecule is CCC(CC)c1nc(C(C)=O)cs1. The lowest BCUT2D eigenvalue weighted by molar-refractivity contribution is 0.101. The van der Waals surface area contributed by atoms with E-state index in [0.29, 0.717) is 11.6 Å². The van der Waals surface area contributed by atoms with Gasteiger partial charge in [-0.3, -0.25) is 4.79 Å². The third kappa shape index (κ3) is 2.37. The van der Waals surface area contributed by atoms with Crippen molar-refractivity contribution in [2.24, 2.45) is 0 Å². The van der Waals surface area contributed by atoms with Gasteiger partial charge in [0.25, 0.3) is 0 Å². The maximum atomic E-state index is 11.0. The van der Waals surface area contributed by atoms with Gasteiger partial charge < -0.3 is 0 Å². The fourth-order valence-electron chi connectivity index (χ4n) is 1.27. The molecule has 0 fully saturated rings. The summed E-state index contributed by atoms with van der Waals surface area (Å²) < 4.78 is 0. The van der Waals surface area contributed by atoms with Crippen molar-refractivity contribution in [1.29, 1.82) is 0 Å². The van der Waals surface area contributed by atoms with Crippen LogP contribution in [0.5, 0.6) is 0 Å². The van der Waals surface area contributed by atoms with Crippen molar-refractivity contribution in [3.05, 3.63) is 16.1 Å². The summed E-state index contributed by atoms with van der Waals surface area (Å²) >= 11 is 1.60. The van der Waals surface area contributed by atoms with Crippen molar-refractivity contribution in [3.8, 4) is 0 Å². The third-order valence-corrected chi connectivity index (χ3v) is 3.22. The van der Waals surface area contributed by atoms with Crippen LogP contribution in [0.3, 0.4) is 0 Å². The number of ketones is 1. The topological polar surface area (TPSA) is 30.0 Å². The molecular formula is C10H15NOS. The Bertz CT molecular complexity index is 289. The molecule has 0 N–H and O–H groups in total. The van der Waals surface area contributed by atoms with Crippen molar-refractivity contribution in [2.75, 3.05) is 0 Å². The van der Waals surface area contributed by atoms with E-state index < -0.39 is 0 Å². The van der Waals surface area contributed by atoms with Gasteiger partial charge in [0, 0.05) is 18.2 Å².